The molecule has 2 rings (SSSR count). The number of phenolic OH excluding ortho intramolecular Hbond substituents is 1. The number of carbonyl (C=O) groups is 1. The Bertz CT molecular complexity index is 450. The van der Waals surface area contributed by atoms with Gasteiger partial charge < -0.3 is 15.2 Å². The normalized spacial score (nSPS) is 18.5. The number of carbonyl (C=O) groups excluding carboxylic acids is 1. The van der Waals surface area contributed by atoms with Gasteiger partial charge in [-0.2, -0.15) is 0 Å². The molecule has 0 radical (unpaired) electrons. The number of ether oxygens (including phenoxy) is 1. The van der Waals surface area contributed by atoms with E-state index in [4.69, 9.17) is 27.9 Å². The molecule has 0 bridgehead atoms. The van der Waals surface area contributed by atoms with Crippen LogP contribution >= 0.6 is 23.2 Å². The van der Waals surface area contributed by atoms with Crippen molar-refractivity contribution in [1.82, 2.24) is 0 Å². The summed E-state index contributed by atoms with van der Waals surface area (Å²) in [5.74, 6) is 0.201. The summed E-state index contributed by atoms with van der Waals surface area (Å²) in [5, 5.41) is 12.4. The van der Waals surface area contributed by atoms with Crippen molar-refractivity contribution in [3.05, 3.63) is 22.2 Å². The molecular weight excluding hydrogens is 289 g/mol. The lowest BCUT2D eigenvalue weighted by Gasteiger charge is -2.09. The minimum atomic E-state index is -0.176. The largest absolute Gasteiger partial charge is 0.505 e. The van der Waals surface area contributed by atoms with Gasteiger partial charge in [-0.3, -0.25) is 4.79 Å². The maximum Gasteiger partial charge on any atom is 0.224 e. The van der Waals surface area contributed by atoms with Gasteiger partial charge in [-0.15, -0.1) is 0 Å². The summed E-state index contributed by atoms with van der Waals surface area (Å²) < 4.78 is 5.26. The number of phenols is 1. The molecule has 1 saturated heterocycles. The predicted octanol–water partition coefficient (Wildman–Crippen LogP) is 3.45. The number of hydrogen-bond donors (Lipinski definition) is 2. The minimum Gasteiger partial charge on any atom is -0.505 e. The average Bonchev–Trinajstić information content (AvgIpc) is 2.86. The van der Waals surface area contributed by atoms with Crippen molar-refractivity contribution in [2.75, 3.05) is 18.5 Å². The van der Waals surface area contributed by atoms with Crippen LogP contribution in [0.2, 0.25) is 10.0 Å². The van der Waals surface area contributed by atoms with Gasteiger partial charge in [-0.25, -0.2) is 0 Å². The van der Waals surface area contributed by atoms with Crippen LogP contribution in [0.3, 0.4) is 0 Å². The van der Waals surface area contributed by atoms with E-state index in [-0.39, 0.29) is 21.7 Å². The Balaban J connectivity index is 1.87. The van der Waals surface area contributed by atoms with Crippen molar-refractivity contribution < 1.29 is 14.6 Å². The van der Waals surface area contributed by atoms with Crippen molar-refractivity contribution in [3.8, 4) is 5.75 Å². The zero-order chi connectivity index (χ0) is 13.8. The quantitative estimate of drug-likeness (QED) is 0.838. The Morgan fingerprint density at radius 2 is 2.11 bits per heavy atom. The first-order valence-electron chi connectivity index (χ1n) is 6.12. The van der Waals surface area contributed by atoms with E-state index in [1.165, 1.54) is 12.1 Å². The van der Waals surface area contributed by atoms with Gasteiger partial charge in [0.1, 0.15) is 0 Å². The summed E-state index contributed by atoms with van der Waals surface area (Å²) in [4.78, 5) is 11.8. The predicted molar refractivity (Wildman–Crippen MR) is 74.9 cm³/mol. The monoisotopic (exact) mass is 303 g/mol. The molecule has 1 heterocycles. The van der Waals surface area contributed by atoms with Crippen LogP contribution in [0.25, 0.3) is 0 Å². The van der Waals surface area contributed by atoms with Crippen LogP contribution in [-0.2, 0) is 9.53 Å². The second kappa shape index (κ2) is 6.46. The highest BCUT2D eigenvalue weighted by molar-refractivity contribution is 6.37. The molecule has 1 aromatic rings. The smallest absolute Gasteiger partial charge is 0.224 e. The van der Waals surface area contributed by atoms with Crippen molar-refractivity contribution in [2.45, 2.75) is 19.3 Å². The number of aromatic hydroxyl groups is 1. The van der Waals surface area contributed by atoms with Gasteiger partial charge in [0.2, 0.25) is 5.91 Å². The van der Waals surface area contributed by atoms with E-state index in [1.807, 2.05) is 0 Å². The van der Waals surface area contributed by atoms with Crippen molar-refractivity contribution in [1.29, 1.82) is 0 Å². The van der Waals surface area contributed by atoms with Crippen LogP contribution in [0.15, 0.2) is 12.1 Å². The molecule has 4 nitrogen and oxygen atoms in total. The third kappa shape index (κ3) is 4.00. The van der Waals surface area contributed by atoms with E-state index in [0.717, 1.165) is 26.1 Å². The lowest BCUT2D eigenvalue weighted by molar-refractivity contribution is -0.116. The number of anilines is 1. The molecule has 0 spiro atoms. The minimum absolute atomic E-state index is 0.0928. The van der Waals surface area contributed by atoms with Crippen LogP contribution in [0.5, 0.6) is 5.75 Å². The number of nitrogens with one attached hydrogen (secondary N) is 1. The number of amides is 1. The summed E-state index contributed by atoms with van der Waals surface area (Å²) in [6, 6.07) is 2.94. The molecule has 1 amide bonds. The van der Waals surface area contributed by atoms with E-state index in [2.05, 4.69) is 5.32 Å². The SMILES string of the molecule is O=C(CC[C@@H]1CCOC1)Nc1cc(Cl)c(O)c(Cl)c1. The summed E-state index contributed by atoms with van der Waals surface area (Å²) in [6.45, 7) is 1.53. The molecule has 0 aromatic heterocycles. The molecule has 1 fully saturated rings. The summed E-state index contributed by atoms with van der Waals surface area (Å²) in [6.07, 6.45) is 2.26. The molecular formula is C13H15Cl2NO3. The van der Waals surface area contributed by atoms with Crippen LogP contribution in [-0.4, -0.2) is 24.2 Å². The molecule has 0 unspecified atom stereocenters. The summed E-state index contributed by atoms with van der Waals surface area (Å²) >= 11 is 11.6. The van der Waals surface area contributed by atoms with E-state index in [9.17, 15) is 9.90 Å². The van der Waals surface area contributed by atoms with Crippen LogP contribution in [0, 0.1) is 5.92 Å². The zero-order valence-corrected chi connectivity index (χ0v) is 11.8. The lowest BCUT2D eigenvalue weighted by Crippen LogP contribution is -2.13. The first kappa shape index (κ1) is 14.4. The number of rotatable bonds is 4. The number of halogens is 2. The van der Waals surface area contributed by atoms with Crippen molar-refractivity contribution in [3.63, 3.8) is 0 Å². The van der Waals surface area contributed by atoms with Gasteiger partial charge in [0.15, 0.2) is 5.75 Å². The molecule has 1 aliphatic rings. The third-order valence-corrected chi connectivity index (χ3v) is 3.68. The fourth-order valence-corrected chi connectivity index (χ4v) is 2.49. The van der Waals surface area contributed by atoms with Crippen molar-refractivity contribution in [2.24, 2.45) is 5.92 Å². The Labute approximate surface area is 121 Å². The Hall–Kier alpha value is -0.970. The van der Waals surface area contributed by atoms with E-state index in [1.54, 1.807) is 0 Å². The Morgan fingerprint density at radius 3 is 2.68 bits per heavy atom. The molecule has 2 N–H and O–H groups in total. The Morgan fingerprint density at radius 1 is 1.42 bits per heavy atom. The summed E-state index contributed by atoms with van der Waals surface area (Å²) in [5.41, 5.74) is 0.487. The second-order valence-electron chi connectivity index (χ2n) is 4.60. The standard InChI is InChI=1S/C13H15Cl2NO3/c14-10-5-9(6-11(15)13(10)18)16-12(17)2-1-8-3-4-19-7-8/h5-6,8,18H,1-4,7H2,(H,16,17)/t8-/m1/s1. The highest BCUT2D eigenvalue weighted by atomic mass is 35.5. The molecule has 0 saturated carbocycles. The molecule has 19 heavy (non-hydrogen) atoms. The Kier molecular flexibility index (Phi) is 4.91. The average molecular weight is 304 g/mol. The highest BCUT2D eigenvalue weighted by Gasteiger charge is 2.17. The fourth-order valence-electron chi connectivity index (χ4n) is 2.01. The molecule has 1 aromatic carbocycles. The van der Waals surface area contributed by atoms with Gasteiger partial charge in [0.05, 0.1) is 10.0 Å². The molecule has 6 heteroatoms. The topological polar surface area (TPSA) is 58.6 Å². The first-order valence-corrected chi connectivity index (χ1v) is 6.87. The maximum atomic E-state index is 11.8. The van der Waals surface area contributed by atoms with Crippen LogP contribution in [0.1, 0.15) is 19.3 Å². The van der Waals surface area contributed by atoms with Crippen LogP contribution in [0.4, 0.5) is 5.69 Å². The lowest BCUT2D eigenvalue weighted by atomic mass is 10.0. The van der Waals surface area contributed by atoms with Gasteiger partial charge in [-0.05, 0) is 30.9 Å². The van der Waals surface area contributed by atoms with E-state index in [0.29, 0.717) is 18.0 Å². The second-order valence-corrected chi connectivity index (χ2v) is 5.42. The highest BCUT2D eigenvalue weighted by Crippen LogP contribution is 2.34. The van der Waals surface area contributed by atoms with Crippen molar-refractivity contribution >= 4 is 34.8 Å². The fraction of sp³-hybridized carbons (Fsp3) is 0.462. The maximum absolute atomic E-state index is 11.8. The molecule has 0 aliphatic carbocycles. The van der Waals surface area contributed by atoms with Gasteiger partial charge in [-0.1, -0.05) is 23.2 Å². The van der Waals surface area contributed by atoms with E-state index < -0.39 is 0 Å². The molecule has 1 atom stereocenters. The zero-order valence-electron chi connectivity index (χ0n) is 10.3. The number of hydrogen-bond acceptors (Lipinski definition) is 3. The third-order valence-electron chi connectivity index (χ3n) is 3.10. The van der Waals surface area contributed by atoms with Crippen LogP contribution < -0.4 is 5.32 Å². The van der Waals surface area contributed by atoms with E-state index >= 15 is 0 Å². The van der Waals surface area contributed by atoms with Gasteiger partial charge in [0.25, 0.3) is 0 Å². The van der Waals surface area contributed by atoms with Gasteiger partial charge >= 0.3 is 0 Å². The molecule has 104 valence electrons. The first-order chi connectivity index (χ1) is 9.06. The van der Waals surface area contributed by atoms with Gasteiger partial charge in [0, 0.05) is 25.3 Å². The molecule has 1 aliphatic heterocycles. The summed E-state index contributed by atoms with van der Waals surface area (Å²) in [7, 11) is 0. The number of benzene rings is 1.